The Labute approximate surface area is 163 Å². The molecule has 3 aromatic rings. The largest absolute Gasteiger partial charge is 0.493 e. The van der Waals surface area contributed by atoms with Crippen molar-refractivity contribution in [1.29, 1.82) is 0 Å². The number of para-hydroxylation sites is 1. The highest BCUT2D eigenvalue weighted by molar-refractivity contribution is 5.95. The van der Waals surface area contributed by atoms with E-state index in [0.717, 1.165) is 23.6 Å². The Bertz CT molecular complexity index is 982. The number of nitrogens with zero attached hydrogens (tertiary/aromatic N) is 2. The van der Waals surface area contributed by atoms with Gasteiger partial charge in [-0.1, -0.05) is 25.1 Å². The predicted octanol–water partition coefficient (Wildman–Crippen LogP) is 3.55. The predicted molar refractivity (Wildman–Crippen MR) is 104 cm³/mol. The molecule has 1 amide bonds. The van der Waals surface area contributed by atoms with Crippen molar-refractivity contribution in [2.45, 2.75) is 19.8 Å². The normalized spacial score (nSPS) is 15.6. The van der Waals surface area contributed by atoms with E-state index in [-0.39, 0.29) is 17.6 Å². The number of nitrogens with one attached hydrogen (secondary N) is 1. The van der Waals surface area contributed by atoms with E-state index >= 15 is 0 Å². The third kappa shape index (κ3) is 3.63. The lowest BCUT2D eigenvalue weighted by molar-refractivity contribution is 0.0938. The molecule has 0 saturated heterocycles. The van der Waals surface area contributed by atoms with Crippen LogP contribution in [0.25, 0.3) is 5.69 Å². The van der Waals surface area contributed by atoms with Crippen LogP contribution in [0.4, 0.5) is 4.39 Å². The molecule has 0 saturated carbocycles. The van der Waals surface area contributed by atoms with Crippen molar-refractivity contribution in [2.75, 3.05) is 13.2 Å². The summed E-state index contributed by atoms with van der Waals surface area (Å²) in [4.78, 5) is 12.7. The molecule has 0 aliphatic carbocycles. The number of aromatic nitrogens is 2. The van der Waals surface area contributed by atoms with Crippen LogP contribution in [0, 0.1) is 11.7 Å². The van der Waals surface area contributed by atoms with E-state index in [2.05, 4.69) is 16.5 Å². The Morgan fingerprint density at radius 2 is 2.04 bits per heavy atom. The molecule has 1 unspecified atom stereocenters. The molecule has 144 valence electrons. The minimum atomic E-state index is -0.303. The monoisotopic (exact) mass is 379 g/mol. The van der Waals surface area contributed by atoms with Gasteiger partial charge in [0.05, 0.1) is 29.7 Å². The summed E-state index contributed by atoms with van der Waals surface area (Å²) in [5.74, 6) is 0.710. The number of rotatable bonds is 5. The van der Waals surface area contributed by atoms with Gasteiger partial charge in [-0.25, -0.2) is 9.07 Å². The van der Waals surface area contributed by atoms with E-state index in [0.29, 0.717) is 25.1 Å². The zero-order valence-electron chi connectivity index (χ0n) is 15.7. The van der Waals surface area contributed by atoms with Crippen LogP contribution < -0.4 is 10.1 Å². The molecule has 1 aliphatic rings. The molecule has 0 fully saturated rings. The minimum absolute atomic E-state index is 0.149. The molecular formula is C22H22FN3O2. The second-order valence-electron chi connectivity index (χ2n) is 6.95. The van der Waals surface area contributed by atoms with Gasteiger partial charge in [-0.2, -0.15) is 5.10 Å². The van der Waals surface area contributed by atoms with E-state index in [1.54, 1.807) is 23.0 Å². The first-order chi connectivity index (χ1) is 13.7. The van der Waals surface area contributed by atoms with Gasteiger partial charge in [-0.3, -0.25) is 4.79 Å². The maximum absolute atomic E-state index is 13.2. The summed E-state index contributed by atoms with van der Waals surface area (Å²) in [7, 11) is 0. The second-order valence-corrected chi connectivity index (χ2v) is 6.95. The quantitative estimate of drug-likeness (QED) is 0.738. The van der Waals surface area contributed by atoms with Crippen molar-refractivity contribution < 1.29 is 13.9 Å². The Morgan fingerprint density at radius 3 is 2.82 bits per heavy atom. The maximum atomic E-state index is 13.2. The molecule has 1 aromatic heterocycles. The van der Waals surface area contributed by atoms with Gasteiger partial charge in [0.15, 0.2) is 0 Å². The number of benzene rings is 2. The number of fused-ring (bicyclic) bond motifs is 1. The first-order valence-corrected chi connectivity index (χ1v) is 9.47. The zero-order valence-corrected chi connectivity index (χ0v) is 15.7. The number of halogens is 1. The fourth-order valence-electron chi connectivity index (χ4n) is 3.56. The minimum Gasteiger partial charge on any atom is -0.493 e. The lowest BCUT2D eigenvalue weighted by atomic mass is 9.96. The zero-order chi connectivity index (χ0) is 19.5. The highest BCUT2D eigenvalue weighted by atomic mass is 19.1. The molecule has 2 heterocycles. The number of ether oxygens (including phenoxy) is 1. The molecule has 5 nitrogen and oxygen atoms in total. The smallest absolute Gasteiger partial charge is 0.254 e. The first-order valence-electron chi connectivity index (χ1n) is 9.47. The summed E-state index contributed by atoms with van der Waals surface area (Å²) >= 11 is 0. The lowest BCUT2D eigenvalue weighted by Gasteiger charge is -2.25. The Morgan fingerprint density at radius 1 is 1.25 bits per heavy atom. The van der Waals surface area contributed by atoms with Crippen LogP contribution in [0.1, 0.15) is 28.5 Å². The van der Waals surface area contributed by atoms with Gasteiger partial charge in [0.2, 0.25) is 0 Å². The summed E-state index contributed by atoms with van der Waals surface area (Å²) in [6, 6.07) is 14.1. The molecule has 0 bridgehead atoms. The highest BCUT2D eigenvalue weighted by Crippen LogP contribution is 2.26. The van der Waals surface area contributed by atoms with Crippen LogP contribution in [-0.2, 0) is 12.8 Å². The van der Waals surface area contributed by atoms with Crippen LogP contribution in [0.15, 0.2) is 54.7 Å². The Hall–Kier alpha value is -3.15. The van der Waals surface area contributed by atoms with Crippen LogP contribution >= 0.6 is 0 Å². The number of amides is 1. The summed E-state index contributed by atoms with van der Waals surface area (Å²) < 4.78 is 20.7. The third-order valence-electron chi connectivity index (χ3n) is 5.03. The van der Waals surface area contributed by atoms with Gasteiger partial charge >= 0.3 is 0 Å². The second kappa shape index (κ2) is 7.84. The van der Waals surface area contributed by atoms with E-state index in [9.17, 15) is 9.18 Å². The van der Waals surface area contributed by atoms with Gasteiger partial charge in [0, 0.05) is 12.5 Å². The van der Waals surface area contributed by atoms with Gasteiger partial charge in [0.1, 0.15) is 11.6 Å². The maximum Gasteiger partial charge on any atom is 0.254 e. The van der Waals surface area contributed by atoms with E-state index < -0.39 is 0 Å². The SMILES string of the molecule is CCc1c(C(=O)NCC2COc3ccccc3C2)cnn1-c1ccc(F)cc1. The average molecular weight is 379 g/mol. The van der Waals surface area contributed by atoms with E-state index in [1.807, 2.05) is 25.1 Å². The van der Waals surface area contributed by atoms with E-state index in [4.69, 9.17) is 4.74 Å². The molecule has 4 rings (SSSR count). The molecule has 6 heteroatoms. The first kappa shape index (κ1) is 18.2. The fraction of sp³-hybridized carbons (Fsp3) is 0.273. The van der Waals surface area contributed by atoms with Crippen LogP contribution in [-0.4, -0.2) is 28.8 Å². The van der Waals surface area contributed by atoms with Gasteiger partial charge < -0.3 is 10.1 Å². The molecule has 1 atom stereocenters. The molecule has 1 aliphatic heterocycles. The van der Waals surface area contributed by atoms with Crippen LogP contribution in [0.2, 0.25) is 0 Å². The number of hydrogen-bond acceptors (Lipinski definition) is 3. The molecule has 0 radical (unpaired) electrons. The number of carbonyl (C=O) groups is 1. The highest BCUT2D eigenvalue weighted by Gasteiger charge is 2.22. The number of hydrogen-bond donors (Lipinski definition) is 1. The van der Waals surface area contributed by atoms with Crippen LogP contribution in [0.3, 0.4) is 0 Å². The summed E-state index contributed by atoms with van der Waals surface area (Å²) in [6.45, 7) is 3.10. The van der Waals surface area contributed by atoms with E-state index in [1.165, 1.54) is 17.7 Å². The van der Waals surface area contributed by atoms with Crippen molar-refractivity contribution in [3.63, 3.8) is 0 Å². The summed E-state index contributed by atoms with van der Waals surface area (Å²) in [5.41, 5.74) is 3.25. The third-order valence-corrected chi connectivity index (χ3v) is 5.03. The van der Waals surface area contributed by atoms with Crippen molar-refractivity contribution in [3.8, 4) is 11.4 Å². The summed E-state index contributed by atoms with van der Waals surface area (Å²) in [5, 5.41) is 7.36. The van der Waals surface area contributed by atoms with Crippen LogP contribution in [0.5, 0.6) is 5.75 Å². The van der Waals surface area contributed by atoms with Gasteiger partial charge in [-0.15, -0.1) is 0 Å². The molecule has 0 spiro atoms. The molecule has 1 N–H and O–H groups in total. The Kier molecular flexibility index (Phi) is 5.10. The molecule has 2 aromatic carbocycles. The lowest BCUT2D eigenvalue weighted by Crippen LogP contribution is -2.35. The number of carbonyl (C=O) groups excluding carboxylic acids is 1. The van der Waals surface area contributed by atoms with Gasteiger partial charge in [0.25, 0.3) is 5.91 Å². The Balaban J connectivity index is 1.45. The van der Waals surface area contributed by atoms with Crippen molar-refractivity contribution in [2.24, 2.45) is 5.92 Å². The van der Waals surface area contributed by atoms with Crippen molar-refractivity contribution in [3.05, 3.63) is 77.4 Å². The topological polar surface area (TPSA) is 56.1 Å². The van der Waals surface area contributed by atoms with Crippen molar-refractivity contribution >= 4 is 5.91 Å². The average Bonchev–Trinajstić information content (AvgIpc) is 3.16. The van der Waals surface area contributed by atoms with Gasteiger partial charge in [-0.05, 0) is 48.7 Å². The standard InChI is InChI=1S/C22H22FN3O2/c1-2-20-19(13-25-26(20)18-9-7-17(23)8-10-18)22(27)24-12-15-11-16-5-3-4-6-21(16)28-14-15/h3-10,13,15H,2,11-12,14H2,1H3,(H,24,27). The van der Waals surface area contributed by atoms with Crippen molar-refractivity contribution in [1.82, 2.24) is 15.1 Å². The summed E-state index contributed by atoms with van der Waals surface area (Å²) in [6.07, 6.45) is 3.09. The fourth-order valence-corrected chi connectivity index (χ4v) is 3.56. The molecular weight excluding hydrogens is 357 g/mol. The molecule has 28 heavy (non-hydrogen) atoms.